The van der Waals surface area contributed by atoms with Crippen LogP contribution < -0.4 is 0 Å². The highest BCUT2D eigenvalue weighted by Crippen LogP contribution is 2.43. The Morgan fingerprint density at radius 1 is 1.11 bits per heavy atom. The summed E-state index contributed by atoms with van der Waals surface area (Å²) in [6, 6.07) is 17.7. The molecule has 2 heterocycles. The molecule has 27 heavy (non-hydrogen) atoms. The molecule has 0 atom stereocenters. The molecule has 0 aliphatic carbocycles. The van der Waals surface area contributed by atoms with E-state index in [-0.39, 0.29) is 5.97 Å². The third kappa shape index (κ3) is 3.43. The van der Waals surface area contributed by atoms with Crippen molar-refractivity contribution in [3.63, 3.8) is 0 Å². The first kappa shape index (κ1) is 17.3. The predicted octanol–water partition coefficient (Wildman–Crippen LogP) is 3.06. The van der Waals surface area contributed by atoms with Crippen molar-refractivity contribution in [1.29, 1.82) is 0 Å². The Hall–Kier alpha value is -3.13. The average molecular weight is 379 g/mol. The number of fused-ring (bicyclic) bond motifs is 1. The normalized spacial score (nSPS) is 13.5. The Balaban J connectivity index is 1.84. The number of esters is 1. The van der Waals surface area contributed by atoms with Crippen LogP contribution in [0.15, 0.2) is 59.5 Å². The topological polar surface area (TPSA) is 73.1 Å². The van der Waals surface area contributed by atoms with Crippen LogP contribution in [0.25, 0.3) is 11.5 Å². The van der Waals surface area contributed by atoms with Gasteiger partial charge >= 0.3 is 5.97 Å². The Morgan fingerprint density at radius 2 is 1.85 bits per heavy atom. The monoisotopic (exact) mass is 379 g/mol. The van der Waals surface area contributed by atoms with Gasteiger partial charge in [-0.1, -0.05) is 42.5 Å². The van der Waals surface area contributed by atoms with Gasteiger partial charge in [0.05, 0.1) is 6.54 Å². The molecule has 1 aliphatic heterocycles. The van der Waals surface area contributed by atoms with Crippen molar-refractivity contribution in [2.45, 2.75) is 18.4 Å². The second-order valence-corrected chi connectivity index (χ2v) is 7.17. The van der Waals surface area contributed by atoms with Gasteiger partial charge in [-0.05, 0) is 40.1 Å². The van der Waals surface area contributed by atoms with E-state index in [9.17, 15) is 4.79 Å². The van der Waals surface area contributed by atoms with Gasteiger partial charge in [-0.3, -0.25) is 4.79 Å². The van der Waals surface area contributed by atoms with Crippen molar-refractivity contribution >= 4 is 29.4 Å². The molecule has 0 amide bonds. The minimum absolute atomic E-state index is 0.389. The molecule has 0 bridgehead atoms. The van der Waals surface area contributed by atoms with Crippen molar-refractivity contribution in [2.75, 3.05) is 7.05 Å². The van der Waals surface area contributed by atoms with E-state index >= 15 is 0 Å². The molecule has 0 saturated carbocycles. The molecule has 1 aromatic heterocycles. The van der Waals surface area contributed by atoms with E-state index < -0.39 is 0 Å². The first-order chi connectivity index (χ1) is 13.1. The first-order valence-electron chi connectivity index (χ1n) is 8.37. The molecule has 0 fully saturated rings. The SMILES string of the molecule is CC(=O)OC1=C(c2nnnn2Cc2ccccc2)N(C)Sc2ccccc21. The second-order valence-electron chi connectivity index (χ2n) is 6.00. The predicted molar refractivity (Wildman–Crippen MR) is 102 cm³/mol. The van der Waals surface area contributed by atoms with E-state index in [1.807, 2.05) is 66.0 Å². The quantitative estimate of drug-likeness (QED) is 0.509. The average Bonchev–Trinajstić information content (AvgIpc) is 3.10. The number of tetrazole rings is 1. The molecule has 8 heteroatoms. The summed E-state index contributed by atoms with van der Waals surface area (Å²) in [5.74, 6) is 0.614. The number of hydrogen-bond acceptors (Lipinski definition) is 7. The minimum Gasteiger partial charge on any atom is -0.424 e. The fourth-order valence-corrected chi connectivity index (χ4v) is 3.87. The van der Waals surface area contributed by atoms with Gasteiger partial charge in [-0.25, -0.2) is 4.68 Å². The van der Waals surface area contributed by atoms with Crippen molar-refractivity contribution in [2.24, 2.45) is 0 Å². The highest BCUT2D eigenvalue weighted by Gasteiger charge is 2.30. The van der Waals surface area contributed by atoms with Crippen LogP contribution >= 0.6 is 11.9 Å². The molecular weight excluding hydrogens is 362 g/mol. The van der Waals surface area contributed by atoms with E-state index in [1.165, 1.54) is 18.9 Å². The highest BCUT2D eigenvalue weighted by molar-refractivity contribution is 7.97. The van der Waals surface area contributed by atoms with E-state index in [0.29, 0.717) is 23.8 Å². The number of rotatable bonds is 4. The second kappa shape index (κ2) is 7.24. The Labute approximate surface area is 160 Å². The molecule has 7 nitrogen and oxygen atoms in total. The van der Waals surface area contributed by atoms with Crippen molar-refractivity contribution in [1.82, 2.24) is 24.5 Å². The molecule has 0 N–H and O–H groups in total. The summed E-state index contributed by atoms with van der Waals surface area (Å²) in [6.45, 7) is 1.90. The van der Waals surface area contributed by atoms with Gasteiger partial charge in [0, 0.05) is 24.4 Å². The smallest absolute Gasteiger partial charge is 0.308 e. The van der Waals surface area contributed by atoms with E-state index in [0.717, 1.165) is 16.0 Å². The fraction of sp³-hybridized carbons (Fsp3) is 0.158. The summed E-state index contributed by atoms with van der Waals surface area (Å²) >= 11 is 1.54. The van der Waals surface area contributed by atoms with Gasteiger partial charge in [0.2, 0.25) is 5.82 Å². The highest BCUT2D eigenvalue weighted by atomic mass is 32.2. The summed E-state index contributed by atoms with van der Waals surface area (Å²) in [4.78, 5) is 12.8. The summed E-state index contributed by atoms with van der Waals surface area (Å²) in [6.07, 6.45) is 0. The molecule has 2 aromatic carbocycles. The number of carbonyl (C=O) groups excluding carboxylic acids is 1. The van der Waals surface area contributed by atoms with Crippen LogP contribution in [-0.4, -0.2) is 37.5 Å². The van der Waals surface area contributed by atoms with Crippen LogP contribution in [0.3, 0.4) is 0 Å². The van der Waals surface area contributed by atoms with Crippen LogP contribution in [0.4, 0.5) is 0 Å². The zero-order valence-corrected chi connectivity index (χ0v) is 15.7. The summed E-state index contributed by atoms with van der Waals surface area (Å²) in [5.41, 5.74) is 2.59. The maximum Gasteiger partial charge on any atom is 0.308 e. The fourth-order valence-electron chi connectivity index (χ4n) is 2.92. The molecule has 1 aliphatic rings. The van der Waals surface area contributed by atoms with Gasteiger partial charge in [0.15, 0.2) is 5.76 Å². The number of carbonyl (C=O) groups is 1. The lowest BCUT2D eigenvalue weighted by atomic mass is 10.1. The zero-order chi connectivity index (χ0) is 18.8. The molecule has 3 aromatic rings. The van der Waals surface area contributed by atoms with Crippen LogP contribution in [0.1, 0.15) is 23.9 Å². The molecule has 0 saturated heterocycles. The molecule has 136 valence electrons. The lowest BCUT2D eigenvalue weighted by Crippen LogP contribution is -2.21. The largest absolute Gasteiger partial charge is 0.424 e. The number of benzene rings is 2. The number of ether oxygens (including phenoxy) is 1. The van der Waals surface area contributed by atoms with Crippen LogP contribution in [0, 0.1) is 0 Å². The summed E-state index contributed by atoms with van der Waals surface area (Å²) < 4.78 is 9.24. The lowest BCUT2D eigenvalue weighted by Gasteiger charge is -2.29. The van der Waals surface area contributed by atoms with Crippen LogP contribution in [0.2, 0.25) is 0 Å². The molecule has 0 unspecified atom stereocenters. The Bertz CT molecular complexity index is 1020. The van der Waals surface area contributed by atoms with Crippen molar-refractivity contribution in [3.05, 3.63) is 71.5 Å². The number of nitrogens with zero attached hydrogens (tertiary/aromatic N) is 5. The Kier molecular flexibility index (Phi) is 4.64. The zero-order valence-electron chi connectivity index (χ0n) is 14.9. The molecule has 0 spiro atoms. The molecule has 0 radical (unpaired) electrons. The standard InChI is InChI=1S/C19H17N5O2S/c1-13(25)26-18-15-10-6-7-11-16(15)27-23(2)17(18)19-20-21-22-24(19)12-14-8-4-3-5-9-14/h3-11H,12H2,1-2H3. The van der Waals surface area contributed by atoms with E-state index in [1.54, 1.807) is 4.68 Å². The molecule has 4 rings (SSSR count). The van der Waals surface area contributed by atoms with Crippen LogP contribution in [-0.2, 0) is 16.1 Å². The minimum atomic E-state index is -0.389. The van der Waals surface area contributed by atoms with E-state index in [2.05, 4.69) is 15.5 Å². The van der Waals surface area contributed by atoms with Gasteiger partial charge in [0.1, 0.15) is 5.70 Å². The number of hydrogen-bond donors (Lipinski definition) is 0. The van der Waals surface area contributed by atoms with E-state index in [4.69, 9.17) is 4.74 Å². The van der Waals surface area contributed by atoms with Crippen molar-refractivity contribution in [3.8, 4) is 0 Å². The van der Waals surface area contributed by atoms with Gasteiger partial charge in [-0.2, -0.15) is 0 Å². The van der Waals surface area contributed by atoms with Gasteiger partial charge in [0.25, 0.3) is 0 Å². The Morgan fingerprint density at radius 3 is 2.63 bits per heavy atom. The third-order valence-electron chi connectivity index (χ3n) is 4.06. The molecular formula is C19H17N5O2S. The maximum atomic E-state index is 11.8. The van der Waals surface area contributed by atoms with Gasteiger partial charge < -0.3 is 9.04 Å². The lowest BCUT2D eigenvalue weighted by molar-refractivity contribution is -0.134. The summed E-state index contributed by atoms with van der Waals surface area (Å²) in [7, 11) is 1.90. The number of aromatic nitrogens is 4. The van der Waals surface area contributed by atoms with Crippen LogP contribution in [0.5, 0.6) is 0 Å². The first-order valence-corrected chi connectivity index (χ1v) is 9.15. The third-order valence-corrected chi connectivity index (χ3v) is 5.07. The van der Waals surface area contributed by atoms with Crippen molar-refractivity contribution < 1.29 is 9.53 Å². The van der Waals surface area contributed by atoms with Gasteiger partial charge in [-0.15, -0.1) is 5.10 Å². The summed E-state index contributed by atoms with van der Waals surface area (Å²) in [5, 5.41) is 12.2. The maximum absolute atomic E-state index is 11.8.